The summed E-state index contributed by atoms with van der Waals surface area (Å²) >= 11 is 1.41. The van der Waals surface area contributed by atoms with E-state index in [1.807, 2.05) is 66.4 Å². The molecule has 1 aliphatic rings. The molecule has 1 atom stereocenters. The van der Waals surface area contributed by atoms with Crippen molar-refractivity contribution in [1.29, 1.82) is 0 Å². The second-order valence-electron chi connectivity index (χ2n) is 7.25. The molecule has 1 N–H and O–H groups in total. The van der Waals surface area contributed by atoms with Crippen molar-refractivity contribution >= 4 is 23.2 Å². The number of nitrogens with one attached hydrogen (secondary N) is 1. The quantitative estimate of drug-likeness (QED) is 0.703. The number of hydrogen-bond donors (Lipinski definition) is 1. The van der Waals surface area contributed by atoms with Gasteiger partial charge in [0.1, 0.15) is 6.04 Å². The molecular weight excluding hydrogens is 384 g/mol. The molecule has 0 saturated carbocycles. The molecule has 0 spiro atoms. The number of likely N-dealkylation sites (tertiary alicyclic amines) is 1. The number of nitrogens with zero attached hydrogens (tertiary/aromatic N) is 3. The first-order valence-electron chi connectivity index (χ1n) is 9.79. The smallest absolute Gasteiger partial charge is 0.264 e. The number of carbonyl (C=O) groups excluding carboxylic acids is 2. The monoisotopic (exact) mass is 408 g/mol. The third-order valence-corrected chi connectivity index (χ3v) is 6.29. The lowest BCUT2D eigenvalue weighted by Gasteiger charge is -2.23. The average molecular weight is 409 g/mol. The minimum Gasteiger partial charge on any atom is -0.350 e. The van der Waals surface area contributed by atoms with E-state index in [1.165, 1.54) is 11.3 Å². The highest BCUT2D eigenvalue weighted by molar-refractivity contribution is 7.12. The van der Waals surface area contributed by atoms with Gasteiger partial charge in [0.15, 0.2) is 0 Å². The summed E-state index contributed by atoms with van der Waals surface area (Å²) in [6, 6.07) is 13.2. The molecule has 0 bridgehead atoms. The number of aryl methyl sites for hydroxylation is 1. The molecule has 1 aliphatic heterocycles. The SMILES string of the molecule is Cc1nn(-c2ccccc2)c(C)c1CNC(=O)[C@H]1CCCN1C(=O)c1cccs1. The number of hydrogen-bond acceptors (Lipinski definition) is 4. The van der Waals surface area contributed by atoms with Crippen LogP contribution in [-0.4, -0.2) is 39.1 Å². The number of aromatic nitrogens is 2. The van der Waals surface area contributed by atoms with Crippen molar-refractivity contribution in [3.8, 4) is 5.69 Å². The Morgan fingerprint density at radius 3 is 2.69 bits per heavy atom. The molecule has 4 rings (SSSR count). The van der Waals surface area contributed by atoms with Gasteiger partial charge in [0.2, 0.25) is 5.91 Å². The van der Waals surface area contributed by atoms with E-state index >= 15 is 0 Å². The van der Waals surface area contributed by atoms with E-state index in [4.69, 9.17) is 0 Å². The van der Waals surface area contributed by atoms with Gasteiger partial charge in [-0.05, 0) is 50.3 Å². The zero-order valence-electron chi connectivity index (χ0n) is 16.6. The van der Waals surface area contributed by atoms with Gasteiger partial charge < -0.3 is 10.2 Å². The highest BCUT2D eigenvalue weighted by atomic mass is 32.1. The fourth-order valence-corrected chi connectivity index (χ4v) is 4.55. The summed E-state index contributed by atoms with van der Waals surface area (Å²) in [5.74, 6) is -0.152. The normalized spacial score (nSPS) is 16.2. The molecule has 6 nitrogen and oxygen atoms in total. The Morgan fingerprint density at radius 2 is 1.97 bits per heavy atom. The number of thiophene rings is 1. The van der Waals surface area contributed by atoms with E-state index in [0.717, 1.165) is 29.1 Å². The number of rotatable bonds is 5. The van der Waals surface area contributed by atoms with Crippen molar-refractivity contribution in [1.82, 2.24) is 20.0 Å². The Bertz CT molecular complexity index is 1010. The van der Waals surface area contributed by atoms with E-state index in [2.05, 4.69) is 10.4 Å². The first-order chi connectivity index (χ1) is 14.1. The summed E-state index contributed by atoms with van der Waals surface area (Å²) < 4.78 is 1.90. The van der Waals surface area contributed by atoms with Crippen LogP contribution in [0.1, 0.15) is 39.5 Å². The summed E-state index contributed by atoms with van der Waals surface area (Å²) in [7, 11) is 0. The molecule has 1 fully saturated rings. The van der Waals surface area contributed by atoms with Crippen molar-refractivity contribution in [3.05, 3.63) is 69.7 Å². The fraction of sp³-hybridized carbons (Fsp3) is 0.318. The minimum atomic E-state index is -0.408. The van der Waals surface area contributed by atoms with Crippen LogP contribution >= 0.6 is 11.3 Å². The Labute approximate surface area is 174 Å². The minimum absolute atomic E-state index is 0.0538. The van der Waals surface area contributed by atoms with Gasteiger partial charge in [-0.1, -0.05) is 24.3 Å². The van der Waals surface area contributed by atoms with Crippen LogP contribution in [0, 0.1) is 13.8 Å². The molecule has 3 heterocycles. The van der Waals surface area contributed by atoms with Gasteiger partial charge in [-0.3, -0.25) is 9.59 Å². The zero-order valence-corrected chi connectivity index (χ0v) is 17.4. The Kier molecular flexibility index (Phi) is 5.49. The van der Waals surface area contributed by atoms with E-state index < -0.39 is 6.04 Å². The summed E-state index contributed by atoms with van der Waals surface area (Å²) in [6.45, 7) is 4.99. The number of carbonyl (C=O) groups is 2. The standard InChI is InChI=1S/C22H24N4O2S/c1-15-18(16(2)26(24-15)17-8-4-3-5-9-17)14-23-21(27)19-10-6-12-25(19)22(28)20-11-7-13-29-20/h3-5,7-9,11,13,19H,6,10,12,14H2,1-2H3,(H,23,27)/t19-/m1/s1. The van der Waals surface area contributed by atoms with Gasteiger partial charge >= 0.3 is 0 Å². The maximum atomic E-state index is 12.9. The van der Waals surface area contributed by atoms with Gasteiger partial charge in [0.25, 0.3) is 5.91 Å². The van der Waals surface area contributed by atoms with Gasteiger partial charge in [0.05, 0.1) is 16.3 Å². The molecular formula is C22H24N4O2S. The van der Waals surface area contributed by atoms with Crippen LogP contribution in [0.25, 0.3) is 5.69 Å². The Hall–Kier alpha value is -2.93. The summed E-state index contributed by atoms with van der Waals surface area (Å²) in [6.07, 6.45) is 1.55. The lowest BCUT2D eigenvalue weighted by atomic mass is 10.1. The Balaban J connectivity index is 1.46. The van der Waals surface area contributed by atoms with Crippen molar-refractivity contribution < 1.29 is 9.59 Å². The first-order valence-corrected chi connectivity index (χ1v) is 10.7. The molecule has 0 unspecified atom stereocenters. The zero-order chi connectivity index (χ0) is 20.4. The molecule has 7 heteroatoms. The third kappa shape index (κ3) is 3.82. The van der Waals surface area contributed by atoms with Gasteiger partial charge in [-0.15, -0.1) is 11.3 Å². The largest absolute Gasteiger partial charge is 0.350 e. The highest BCUT2D eigenvalue weighted by Crippen LogP contribution is 2.23. The van der Waals surface area contributed by atoms with E-state index in [0.29, 0.717) is 24.4 Å². The van der Waals surface area contributed by atoms with Crippen molar-refractivity contribution in [3.63, 3.8) is 0 Å². The number of benzene rings is 1. The van der Waals surface area contributed by atoms with Crippen LogP contribution < -0.4 is 5.32 Å². The average Bonchev–Trinajstić information content (AvgIpc) is 3.48. The van der Waals surface area contributed by atoms with Crippen molar-refractivity contribution in [2.75, 3.05) is 6.54 Å². The maximum absolute atomic E-state index is 12.9. The van der Waals surface area contributed by atoms with E-state index in [9.17, 15) is 9.59 Å². The first kappa shape index (κ1) is 19.4. The molecule has 0 radical (unpaired) electrons. The van der Waals surface area contributed by atoms with E-state index in [1.54, 1.807) is 4.90 Å². The summed E-state index contributed by atoms with van der Waals surface area (Å²) in [5.41, 5.74) is 3.90. The van der Waals surface area contributed by atoms with Crippen LogP contribution in [0.4, 0.5) is 0 Å². The van der Waals surface area contributed by atoms with Crippen molar-refractivity contribution in [2.24, 2.45) is 0 Å². The second kappa shape index (κ2) is 8.21. The van der Waals surface area contributed by atoms with Crippen LogP contribution in [0.15, 0.2) is 47.8 Å². The molecule has 2 aromatic heterocycles. The predicted octanol–water partition coefficient (Wildman–Crippen LogP) is 3.47. The van der Waals surface area contributed by atoms with Gasteiger partial charge in [-0.25, -0.2) is 4.68 Å². The van der Waals surface area contributed by atoms with Crippen molar-refractivity contribution in [2.45, 2.75) is 39.3 Å². The third-order valence-electron chi connectivity index (χ3n) is 5.43. The lowest BCUT2D eigenvalue weighted by Crippen LogP contribution is -2.45. The Morgan fingerprint density at radius 1 is 1.17 bits per heavy atom. The van der Waals surface area contributed by atoms with Crippen LogP contribution in [-0.2, 0) is 11.3 Å². The van der Waals surface area contributed by atoms with Gasteiger partial charge in [0, 0.05) is 24.3 Å². The van der Waals surface area contributed by atoms with Crippen LogP contribution in [0.2, 0.25) is 0 Å². The summed E-state index contributed by atoms with van der Waals surface area (Å²) in [5, 5.41) is 9.55. The molecule has 150 valence electrons. The fourth-order valence-electron chi connectivity index (χ4n) is 3.87. The maximum Gasteiger partial charge on any atom is 0.264 e. The number of amides is 2. The lowest BCUT2D eigenvalue weighted by molar-refractivity contribution is -0.125. The molecule has 2 amide bonds. The van der Waals surface area contributed by atoms with E-state index in [-0.39, 0.29) is 11.8 Å². The molecule has 3 aromatic rings. The molecule has 29 heavy (non-hydrogen) atoms. The van der Waals surface area contributed by atoms with Crippen LogP contribution in [0.5, 0.6) is 0 Å². The molecule has 1 saturated heterocycles. The second-order valence-corrected chi connectivity index (χ2v) is 8.20. The summed E-state index contributed by atoms with van der Waals surface area (Å²) in [4.78, 5) is 28.0. The molecule has 0 aliphatic carbocycles. The van der Waals surface area contributed by atoms with Crippen LogP contribution in [0.3, 0.4) is 0 Å². The topological polar surface area (TPSA) is 67.2 Å². The highest BCUT2D eigenvalue weighted by Gasteiger charge is 2.34. The molecule has 1 aromatic carbocycles. The predicted molar refractivity (Wildman–Crippen MR) is 113 cm³/mol. The van der Waals surface area contributed by atoms with Gasteiger partial charge in [-0.2, -0.15) is 5.10 Å². The number of para-hydroxylation sites is 1.